The normalized spacial score (nSPS) is 18.6. The van der Waals surface area contributed by atoms with Gasteiger partial charge in [0.15, 0.2) is 0 Å². The molecule has 0 radical (unpaired) electrons. The lowest BCUT2D eigenvalue weighted by atomic mass is 9.98. The summed E-state index contributed by atoms with van der Waals surface area (Å²) in [5.41, 5.74) is 3.74. The first-order chi connectivity index (χ1) is 13.6. The Morgan fingerprint density at radius 2 is 1.96 bits per heavy atom. The van der Waals surface area contributed by atoms with Crippen molar-refractivity contribution < 1.29 is 9.90 Å². The Labute approximate surface area is 164 Å². The summed E-state index contributed by atoms with van der Waals surface area (Å²) >= 11 is 0. The number of hydrogen-bond acceptors (Lipinski definition) is 3. The SMILES string of the molecule is CC(O)C1CCCCN1C(=O)/C=C/c1c(-c2ccccc2)nn2ccccc12. The lowest BCUT2D eigenvalue weighted by Crippen LogP contribution is -2.48. The molecule has 1 aromatic carbocycles. The van der Waals surface area contributed by atoms with Crippen molar-refractivity contribution in [2.45, 2.75) is 38.3 Å². The van der Waals surface area contributed by atoms with Gasteiger partial charge in [-0.15, -0.1) is 0 Å². The zero-order valence-electron chi connectivity index (χ0n) is 16.0. The minimum absolute atomic E-state index is 0.0557. The number of hydrogen-bond donors (Lipinski definition) is 1. The number of benzene rings is 1. The fourth-order valence-corrected chi connectivity index (χ4v) is 3.97. The standard InChI is InChI=1S/C23H25N3O2/c1-17(27)20-11-5-7-15-25(20)22(28)14-13-19-21-12-6-8-16-26(21)24-23(19)18-9-3-2-4-10-18/h2-4,6,8-10,12-14,16-17,20,27H,5,7,11,15H2,1H3/b14-13+. The quantitative estimate of drug-likeness (QED) is 0.706. The largest absolute Gasteiger partial charge is 0.391 e. The maximum Gasteiger partial charge on any atom is 0.246 e. The molecule has 0 spiro atoms. The van der Waals surface area contributed by atoms with Gasteiger partial charge in [-0.05, 0) is 44.4 Å². The van der Waals surface area contributed by atoms with Gasteiger partial charge in [-0.25, -0.2) is 4.52 Å². The molecule has 5 heteroatoms. The van der Waals surface area contributed by atoms with Crippen LogP contribution in [0.2, 0.25) is 0 Å². The molecule has 5 nitrogen and oxygen atoms in total. The summed E-state index contributed by atoms with van der Waals surface area (Å²) in [6.45, 7) is 2.46. The zero-order chi connectivity index (χ0) is 19.5. The average Bonchev–Trinajstić information content (AvgIpc) is 3.11. The van der Waals surface area contributed by atoms with Crippen molar-refractivity contribution >= 4 is 17.5 Å². The van der Waals surface area contributed by atoms with Gasteiger partial charge in [0.1, 0.15) is 5.69 Å². The van der Waals surface area contributed by atoms with E-state index in [1.807, 2.05) is 65.3 Å². The average molecular weight is 375 g/mol. The first-order valence-electron chi connectivity index (χ1n) is 9.84. The van der Waals surface area contributed by atoms with Crippen LogP contribution in [0.15, 0.2) is 60.8 Å². The minimum atomic E-state index is -0.519. The minimum Gasteiger partial charge on any atom is -0.391 e. The van der Waals surface area contributed by atoms with Gasteiger partial charge in [-0.1, -0.05) is 36.4 Å². The maximum absolute atomic E-state index is 12.9. The summed E-state index contributed by atoms with van der Waals surface area (Å²) in [7, 11) is 0. The Morgan fingerprint density at radius 1 is 1.18 bits per heavy atom. The number of carbonyl (C=O) groups excluding carboxylic acids is 1. The number of fused-ring (bicyclic) bond motifs is 1. The molecule has 1 amide bonds. The third-order valence-electron chi connectivity index (χ3n) is 5.41. The van der Waals surface area contributed by atoms with Crippen molar-refractivity contribution in [2.75, 3.05) is 6.54 Å². The summed E-state index contributed by atoms with van der Waals surface area (Å²) in [5, 5.41) is 14.8. The molecule has 1 aliphatic rings. The van der Waals surface area contributed by atoms with Crippen LogP contribution in [-0.2, 0) is 4.79 Å². The van der Waals surface area contributed by atoms with Crippen molar-refractivity contribution in [1.29, 1.82) is 0 Å². The van der Waals surface area contributed by atoms with Crippen LogP contribution in [0.25, 0.3) is 22.9 Å². The van der Waals surface area contributed by atoms with E-state index < -0.39 is 6.10 Å². The molecule has 0 bridgehead atoms. The monoisotopic (exact) mass is 375 g/mol. The number of amides is 1. The van der Waals surface area contributed by atoms with E-state index in [1.54, 1.807) is 17.9 Å². The van der Waals surface area contributed by atoms with Crippen molar-refractivity contribution in [3.8, 4) is 11.3 Å². The number of aliphatic hydroxyl groups is 1. The number of aliphatic hydroxyl groups excluding tert-OH is 1. The van der Waals surface area contributed by atoms with Crippen molar-refractivity contribution in [3.63, 3.8) is 0 Å². The second-order valence-corrected chi connectivity index (χ2v) is 7.33. The summed E-state index contributed by atoms with van der Waals surface area (Å²) in [6.07, 6.45) is 7.76. The van der Waals surface area contributed by atoms with E-state index in [-0.39, 0.29) is 11.9 Å². The summed E-state index contributed by atoms with van der Waals surface area (Å²) in [5.74, 6) is -0.0557. The first-order valence-corrected chi connectivity index (χ1v) is 9.84. The highest BCUT2D eigenvalue weighted by atomic mass is 16.3. The van der Waals surface area contributed by atoms with Crippen molar-refractivity contribution in [3.05, 3.63) is 66.4 Å². The molecular weight excluding hydrogens is 350 g/mol. The van der Waals surface area contributed by atoms with Crippen LogP contribution in [0.5, 0.6) is 0 Å². The second-order valence-electron chi connectivity index (χ2n) is 7.33. The molecule has 3 aromatic rings. The van der Waals surface area contributed by atoms with Gasteiger partial charge >= 0.3 is 0 Å². The highest BCUT2D eigenvalue weighted by molar-refractivity contribution is 5.95. The summed E-state index contributed by atoms with van der Waals surface area (Å²) in [6, 6.07) is 15.8. The molecule has 3 heterocycles. The van der Waals surface area contributed by atoms with Crippen LogP contribution in [0, 0.1) is 0 Å². The van der Waals surface area contributed by atoms with Crippen LogP contribution in [0.3, 0.4) is 0 Å². The van der Waals surface area contributed by atoms with Gasteiger partial charge < -0.3 is 10.0 Å². The number of rotatable bonds is 4. The van der Waals surface area contributed by atoms with Gasteiger partial charge in [0, 0.05) is 29.9 Å². The molecule has 1 fully saturated rings. The molecule has 1 saturated heterocycles. The first kappa shape index (κ1) is 18.4. The van der Waals surface area contributed by atoms with Gasteiger partial charge in [-0.2, -0.15) is 5.10 Å². The molecule has 1 N–H and O–H groups in total. The third-order valence-corrected chi connectivity index (χ3v) is 5.41. The Balaban J connectivity index is 1.70. The molecule has 0 saturated carbocycles. The number of piperidine rings is 1. The van der Waals surface area contributed by atoms with Crippen LogP contribution in [-0.4, -0.2) is 44.2 Å². The number of nitrogens with zero attached hydrogens (tertiary/aromatic N) is 3. The Bertz CT molecular complexity index is 992. The molecule has 4 rings (SSSR count). The lowest BCUT2D eigenvalue weighted by molar-refractivity contribution is -0.132. The summed E-state index contributed by atoms with van der Waals surface area (Å²) in [4.78, 5) is 14.7. The van der Waals surface area contributed by atoms with E-state index in [9.17, 15) is 9.90 Å². The molecular formula is C23H25N3O2. The van der Waals surface area contributed by atoms with Crippen LogP contribution >= 0.6 is 0 Å². The predicted octanol–water partition coefficient (Wildman–Crippen LogP) is 3.78. The molecule has 0 aliphatic carbocycles. The molecule has 2 atom stereocenters. The Kier molecular flexibility index (Phi) is 5.26. The van der Waals surface area contributed by atoms with E-state index in [1.165, 1.54) is 0 Å². The van der Waals surface area contributed by atoms with Gasteiger partial charge in [-0.3, -0.25) is 4.79 Å². The van der Waals surface area contributed by atoms with E-state index in [0.717, 1.165) is 41.6 Å². The van der Waals surface area contributed by atoms with E-state index in [2.05, 4.69) is 0 Å². The fourth-order valence-electron chi connectivity index (χ4n) is 3.97. The van der Waals surface area contributed by atoms with Crippen LogP contribution in [0.1, 0.15) is 31.7 Å². The van der Waals surface area contributed by atoms with Crippen LogP contribution in [0.4, 0.5) is 0 Å². The smallest absolute Gasteiger partial charge is 0.246 e. The van der Waals surface area contributed by atoms with Gasteiger partial charge in [0.2, 0.25) is 5.91 Å². The Hall–Kier alpha value is -2.92. The third kappa shape index (κ3) is 3.58. The summed E-state index contributed by atoms with van der Waals surface area (Å²) < 4.78 is 1.84. The molecule has 144 valence electrons. The Morgan fingerprint density at radius 3 is 2.75 bits per heavy atom. The lowest BCUT2D eigenvalue weighted by Gasteiger charge is -2.36. The zero-order valence-corrected chi connectivity index (χ0v) is 16.0. The molecule has 2 unspecified atom stereocenters. The number of pyridine rings is 1. The highest BCUT2D eigenvalue weighted by Crippen LogP contribution is 2.28. The molecule has 2 aromatic heterocycles. The number of carbonyl (C=O) groups is 1. The van der Waals surface area contributed by atoms with Crippen molar-refractivity contribution in [1.82, 2.24) is 14.5 Å². The topological polar surface area (TPSA) is 57.8 Å². The van der Waals surface area contributed by atoms with Crippen molar-refractivity contribution in [2.24, 2.45) is 0 Å². The molecule has 28 heavy (non-hydrogen) atoms. The van der Waals surface area contributed by atoms with E-state index >= 15 is 0 Å². The second kappa shape index (κ2) is 7.98. The number of aromatic nitrogens is 2. The maximum atomic E-state index is 12.9. The van der Waals surface area contributed by atoms with Gasteiger partial charge in [0.05, 0.1) is 17.7 Å². The van der Waals surface area contributed by atoms with Gasteiger partial charge in [0.25, 0.3) is 0 Å². The molecule has 1 aliphatic heterocycles. The van der Waals surface area contributed by atoms with E-state index in [4.69, 9.17) is 5.10 Å². The fraction of sp³-hybridized carbons (Fsp3) is 0.304. The number of likely N-dealkylation sites (tertiary alicyclic amines) is 1. The van der Waals surface area contributed by atoms with E-state index in [0.29, 0.717) is 6.54 Å². The predicted molar refractivity (Wildman–Crippen MR) is 111 cm³/mol. The highest BCUT2D eigenvalue weighted by Gasteiger charge is 2.28. The van der Waals surface area contributed by atoms with Crippen LogP contribution < -0.4 is 0 Å².